The van der Waals surface area contributed by atoms with Gasteiger partial charge in [0.15, 0.2) is 0 Å². The summed E-state index contributed by atoms with van der Waals surface area (Å²) in [7, 11) is 0. The van der Waals surface area contributed by atoms with Gasteiger partial charge in [-0.1, -0.05) is 34.7 Å². The van der Waals surface area contributed by atoms with Gasteiger partial charge in [-0.05, 0) is 42.8 Å². The van der Waals surface area contributed by atoms with Gasteiger partial charge in [0.1, 0.15) is 47.8 Å². The van der Waals surface area contributed by atoms with Crippen molar-refractivity contribution in [1.29, 1.82) is 0 Å². The van der Waals surface area contributed by atoms with Crippen LogP contribution in [0.15, 0.2) is 42.5 Å². The molecule has 8 heteroatoms. The fourth-order valence-electron chi connectivity index (χ4n) is 3.23. The normalized spacial score (nSPS) is 26.9. The predicted molar refractivity (Wildman–Crippen MR) is 115 cm³/mol. The molecule has 158 valence electrons. The molecule has 0 aromatic heterocycles. The average Bonchev–Trinajstić information content (AvgIpc) is 2.74. The van der Waals surface area contributed by atoms with Gasteiger partial charge in [0, 0.05) is 9.99 Å². The highest BCUT2D eigenvalue weighted by atomic mass is 127. The van der Waals surface area contributed by atoms with Crippen molar-refractivity contribution in [1.82, 2.24) is 0 Å². The van der Waals surface area contributed by atoms with Crippen LogP contribution in [0.4, 0.5) is 0 Å². The maximum absolute atomic E-state index is 10.4. The van der Waals surface area contributed by atoms with E-state index in [9.17, 15) is 20.4 Å². The highest BCUT2D eigenvalue weighted by molar-refractivity contribution is 14.1. The molecule has 0 aliphatic carbocycles. The van der Waals surface area contributed by atoms with Crippen LogP contribution in [0.25, 0.3) is 0 Å². The molecule has 2 aromatic rings. The van der Waals surface area contributed by atoms with Crippen molar-refractivity contribution >= 4 is 22.6 Å². The van der Waals surface area contributed by atoms with E-state index in [2.05, 4.69) is 22.6 Å². The molecular formula is C21H25IO7. The Morgan fingerprint density at radius 3 is 2.28 bits per heavy atom. The first-order valence-corrected chi connectivity index (χ1v) is 10.9. The lowest BCUT2D eigenvalue weighted by molar-refractivity contribution is -0.231. The van der Waals surface area contributed by atoms with E-state index >= 15 is 0 Å². The maximum atomic E-state index is 10.4. The van der Waals surface area contributed by atoms with Crippen molar-refractivity contribution in [2.45, 2.75) is 41.9 Å². The minimum Gasteiger partial charge on any atom is -0.494 e. The van der Waals surface area contributed by atoms with Gasteiger partial charge in [0.2, 0.25) is 0 Å². The third-order valence-electron chi connectivity index (χ3n) is 4.82. The topological polar surface area (TPSA) is 109 Å². The van der Waals surface area contributed by atoms with Crippen molar-refractivity contribution in [2.24, 2.45) is 0 Å². The number of rotatable bonds is 7. The number of hydrogen-bond donors (Lipinski definition) is 4. The monoisotopic (exact) mass is 516 g/mol. The highest BCUT2D eigenvalue weighted by Gasteiger charge is 2.44. The molecule has 1 fully saturated rings. The zero-order chi connectivity index (χ0) is 21.0. The van der Waals surface area contributed by atoms with Gasteiger partial charge in [-0.15, -0.1) is 0 Å². The van der Waals surface area contributed by atoms with E-state index in [1.165, 1.54) is 0 Å². The lowest BCUT2D eigenvalue weighted by Crippen LogP contribution is -2.55. The Balaban J connectivity index is 1.86. The van der Waals surface area contributed by atoms with Crippen LogP contribution < -0.4 is 9.47 Å². The second-order valence-corrected chi connectivity index (χ2v) is 7.52. The summed E-state index contributed by atoms with van der Waals surface area (Å²) in [5.41, 5.74) is 1.53. The van der Waals surface area contributed by atoms with Crippen molar-refractivity contribution in [3.8, 4) is 17.2 Å². The van der Waals surface area contributed by atoms with Gasteiger partial charge in [-0.25, -0.2) is 0 Å². The third-order valence-corrected chi connectivity index (χ3v) is 5.64. The molecule has 0 spiro atoms. The molecule has 1 aliphatic heterocycles. The van der Waals surface area contributed by atoms with Gasteiger partial charge >= 0.3 is 0 Å². The Morgan fingerprint density at radius 1 is 0.966 bits per heavy atom. The minimum atomic E-state index is -1.43. The molecule has 5 atom stereocenters. The molecule has 2 aromatic carbocycles. The Morgan fingerprint density at radius 2 is 1.66 bits per heavy atom. The SMILES string of the molecule is CCOc1ccc(Oc2cc([C@@H]3O[C@H](CO)[C@@H](O)[C@H](O)[C@H]3O)ccc2CI)cc1. The van der Waals surface area contributed by atoms with E-state index in [-0.39, 0.29) is 0 Å². The predicted octanol–water partition coefficient (Wildman–Crippen LogP) is 2.33. The second-order valence-electron chi connectivity index (χ2n) is 6.76. The van der Waals surface area contributed by atoms with Crippen molar-refractivity contribution in [3.63, 3.8) is 0 Å². The Hall–Kier alpha value is -1.43. The molecule has 0 amide bonds. The largest absolute Gasteiger partial charge is 0.494 e. The van der Waals surface area contributed by atoms with Crippen LogP contribution in [0.1, 0.15) is 24.2 Å². The van der Waals surface area contributed by atoms with E-state index in [0.29, 0.717) is 28.1 Å². The summed E-state index contributed by atoms with van der Waals surface area (Å²) in [5, 5.41) is 39.9. The molecule has 7 nitrogen and oxygen atoms in total. The molecule has 29 heavy (non-hydrogen) atoms. The van der Waals surface area contributed by atoms with Gasteiger partial charge in [-0.3, -0.25) is 0 Å². The van der Waals surface area contributed by atoms with Crippen molar-refractivity contribution < 1.29 is 34.6 Å². The Labute approximate surface area is 183 Å². The fraction of sp³-hybridized carbons (Fsp3) is 0.429. The number of halogens is 1. The Bertz CT molecular complexity index is 796. The number of alkyl halides is 1. The second kappa shape index (κ2) is 10.1. The Kier molecular flexibility index (Phi) is 7.72. The summed E-state index contributed by atoms with van der Waals surface area (Å²) < 4.78 is 17.8. The summed E-state index contributed by atoms with van der Waals surface area (Å²) in [6, 6.07) is 12.7. The highest BCUT2D eigenvalue weighted by Crippen LogP contribution is 2.36. The first kappa shape index (κ1) is 22.3. The first-order valence-electron chi connectivity index (χ1n) is 9.38. The molecule has 0 radical (unpaired) electrons. The van der Waals surface area contributed by atoms with E-state index in [1.807, 2.05) is 37.3 Å². The van der Waals surface area contributed by atoms with Gasteiger partial charge in [-0.2, -0.15) is 0 Å². The van der Waals surface area contributed by atoms with Crippen molar-refractivity contribution in [3.05, 3.63) is 53.6 Å². The minimum absolute atomic E-state index is 0.469. The van der Waals surface area contributed by atoms with Gasteiger partial charge in [0.05, 0.1) is 13.2 Å². The van der Waals surface area contributed by atoms with Crippen LogP contribution in [0.5, 0.6) is 17.2 Å². The molecular weight excluding hydrogens is 491 g/mol. The van der Waals surface area contributed by atoms with Crippen LogP contribution in [-0.2, 0) is 9.16 Å². The number of aliphatic hydroxyl groups is 4. The molecule has 1 aliphatic rings. The molecule has 0 unspecified atom stereocenters. The van der Waals surface area contributed by atoms with E-state index < -0.39 is 37.1 Å². The summed E-state index contributed by atoms with van der Waals surface area (Å²) in [5.74, 6) is 1.98. The average molecular weight is 516 g/mol. The molecule has 0 bridgehead atoms. The van der Waals surface area contributed by atoms with Gasteiger partial charge < -0.3 is 34.6 Å². The lowest BCUT2D eigenvalue weighted by Gasteiger charge is -2.40. The number of ether oxygens (including phenoxy) is 3. The fourth-order valence-corrected chi connectivity index (χ4v) is 3.86. The van der Waals surface area contributed by atoms with Gasteiger partial charge in [0.25, 0.3) is 0 Å². The van der Waals surface area contributed by atoms with Crippen LogP contribution in [0.3, 0.4) is 0 Å². The third kappa shape index (κ3) is 5.01. The van der Waals surface area contributed by atoms with Crippen LogP contribution in [0.2, 0.25) is 0 Å². The van der Waals surface area contributed by atoms with Crippen molar-refractivity contribution in [2.75, 3.05) is 13.2 Å². The summed E-state index contributed by atoms with van der Waals surface area (Å²) in [4.78, 5) is 0. The summed E-state index contributed by atoms with van der Waals surface area (Å²) >= 11 is 2.24. The summed E-state index contributed by atoms with van der Waals surface area (Å²) in [6.07, 6.45) is -6.02. The lowest BCUT2D eigenvalue weighted by atomic mass is 9.91. The first-order chi connectivity index (χ1) is 14.0. The van der Waals surface area contributed by atoms with E-state index in [1.54, 1.807) is 12.1 Å². The zero-order valence-corrected chi connectivity index (χ0v) is 18.1. The van der Waals surface area contributed by atoms with E-state index in [4.69, 9.17) is 14.2 Å². The number of hydrogen-bond acceptors (Lipinski definition) is 7. The van der Waals surface area contributed by atoms with Crippen LogP contribution in [0, 0.1) is 0 Å². The zero-order valence-electron chi connectivity index (χ0n) is 15.9. The molecule has 0 saturated carbocycles. The quantitative estimate of drug-likeness (QED) is 0.331. The standard InChI is InChI=1S/C21H25IO7/c1-2-27-14-5-7-15(8-6-14)28-16-9-12(3-4-13(16)10-22)21-20(26)19(25)18(24)17(11-23)29-21/h3-9,17-21,23-26H,2,10-11H2,1H3/t17-,18-,19+,20-,21+/m1/s1. The maximum Gasteiger partial charge on any atom is 0.131 e. The smallest absolute Gasteiger partial charge is 0.131 e. The molecule has 1 heterocycles. The number of benzene rings is 2. The molecule has 4 N–H and O–H groups in total. The van der Waals surface area contributed by atoms with Crippen LogP contribution in [-0.4, -0.2) is 58.1 Å². The summed E-state index contributed by atoms with van der Waals surface area (Å²) in [6.45, 7) is 2.03. The number of aliphatic hydroxyl groups excluding tert-OH is 4. The molecule has 3 rings (SSSR count). The van der Waals surface area contributed by atoms with E-state index in [0.717, 1.165) is 11.3 Å². The van der Waals surface area contributed by atoms with Crippen LogP contribution >= 0.6 is 22.6 Å². The molecule has 1 saturated heterocycles.